The Morgan fingerprint density at radius 2 is 2.06 bits per heavy atom. The van der Waals surface area contributed by atoms with Crippen LogP contribution in [0.2, 0.25) is 0 Å². The Bertz CT molecular complexity index is 416. The van der Waals surface area contributed by atoms with Crippen molar-refractivity contribution in [1.29, 1.82) is 0 Å². The second-order valence-electron chi connectivity index (χ2n) is 4.55. The first-order valence-electron chi connectivity index (χ1n) is 5.76. The standard InChI is InChI=1S/C13H18FNO2/c1-16-8-9-11(14)5-4-10(12(9)17-2)13(15)6-3-7-13/h4-5H,3,6-8,15H2,1-2H3. The lowest BCUT2D eigenvalue weighted by molar-refractivity contribution is 0.176. The van der Waals surface area contributed by atoms with Crippen molar-refractivity contribution < 1.29 is 13.9 Å². The van der Waals surface area contributed by atoms with Gasteiger partial charge in [0.1, 0.15) is 11.6 Å². The van der Waals surface area contributed by atoms with Crippen molar-refractivity contribution in [3.63, 3.8) is 0 Å². The monoisotopic (exact) mass is 239 g/mol. The summed E-state index contributed by atoms with van der Waals surface area (Å²) in [5.41, 5.74) is 7.25. The summed E-state index contributed by atoms with van der Waals surface area (Å²) in [6, 6.07) is 3.17. The number of ether oxygens (including phenoxy) is 2. The maximum atomic E-state index is 13.7. The van der Waals surface area contributed by atoms with Crippen molar-refractivity contribution in [2.45, 2.75) is 31.4 Å². The van der Waals surface area contributed by atoms with Gasteiger partial charge < -0.3 is 15.2 Å². The quantitative estimate of drug-likeness (QED) is 0.877. The Balaban J connectivity index is 2.49. The Kier molecular flexibility index (Phi) is 3.35. The fourth-order valence-corrected chi connectivity index (χ4v) is 2.33. The van der Waals surface area contributed by atoms with E-state index in [4.69, 9.17) is 15.2 Å². The third kappa shape index (κ3) is 2.03. The van der Waals surface area contributed by atoms with Gasteiger partial charge in [0.2, 0.25) is 0 Å². The Hall–Kier alpha value is -1.13. The molecule has 0 atom stereocenters. The van der Waals surface area contributed by atoms with Gasteiger partial charge in [-0.15, -0.1) is 0 Å². The number of nitrogens with two attached hydrogens (primary N) is 1. The van der Waals surface area contributed by atoms with Gasteiger partial charge in [-0.2, -0.15) is 0 Å². The van der Waals surface area contributed by atoms with Crippen molar-refractivity contribution in [3.8, 4) is 5.75 Å². The van der Waals surface area contributed by atoms with Gasteiger partial charge in [-0.25, -0.2) is 4.39 Å². The van der Waals surface area contributed by atoms with Gasteiger partial charge in [0, 0.05) is 18.2 Å². The topological polar surface area (TPSA) is 44.5 Å². The first kappa shape index (κ1) is 12.3. The zero-order valence-electron chi connectivity index (χ0n) is 10.3. The van der Waals surface area contributed by atoms with Gasteiger partial charge >= 0.3 is 0 Å². The summed E-state index contributed by atoms with van der Waals surface area (Å²) in [4.78, 5) is 0. The number of benzene rings is 1. The number of rotatable bonds is 4. The highest BCUT2D eigenvalue weighted by atomic mass is 19.1. The van der Waals surface area contributed by atoms with Gasteiger partial charge in [0.15, 0.2) is 0 Å². The molecule has 1 aliphatic rings. The molecule has 0 bridgehead atoms. The van der Waals surface area contributed by atoms with E-state index >= 15 is 0 Å². The van der Waals surface area contributed by atoms with Gasteiger partial charge in [0.05, 0.1) is 19.3 Å². The van der Waals surface area contributed by atoms with Crippen LogP contribution < -0.4 is 10.5 Å². The second-order valence-corrected chi connectivity index (χ2v) is 4.55. The van der Waals surface area contributed by atoms with Crippen LogP contribution in [0.4, 0.5) is 4.39 Å². The summed E-state index contributed by atoms with van der Waals surface area (Å²) in [5, 5.41) is 0. The molecular formula is C13H18FNO2. The highest BCUT2D eigenvalue weighted by Gasteiger charge is 2.37. The van der Waals surface area contributed by atoms with E-state index in [1.54, 1.807) is 13.2 Å². The minimum absolute atomic E-state index is 0.193. The molecular weight excluding hydrogens is 221 g/mol. The number of halogens is 1. The predicted octanol–water partition coefficient (Wildman–Crippen LogP) is 2.32. The van der Waals surface area contributed by atoms with Crippen LogP contribution in [0.5, 0.6) is 5.75 Å². The lowest BCUT2D eigenvalue weighted by atomic mass is 9.72. The average Bonchev–Trinajstić information content (AvgIpc) is 2.28. The lowest BCUT2D eigenvalue weighted by Crippen LogP contribution is -2.43. The molecule has 2 N–H and O–H groups in total. The van der Waals surface area contributed by atoms with E-state index in [1.807, 2.05) is 0 Å². The molecule has 1 aliphatic carbocycles. The van der Waals surface area contributed by atoms with Crippen LogP contribution in [0.3, 0.4) is 0 Å². The first-order valence-corrected chi connectivity index (χ1v) is 5.76. The van der Waals surface area contributed by atoms with Crippen molar-refractivity contribution in [2.75, 3.05) is 14.2 Å². The molecule has 0 radical (unpaired) electrons. The number of hydrogen-bond acceptors (Lipinski definition) is 3. The average molecular weight is 239 g/mol. The molecule has 94 valence electrons. The Morgan fingerprint density at radius 1 is 1.35 bits per heavy atom. The molecule has 0 amide bonds. The molecule has 1 fully saturated rings. The fraction of sp³-hybridized carbons (Fsp3) is 0.538. The molecule has 1 aromatic rings. The highest BCUT2D eigenvalue weighted by molar-refractivity contribution is 5.47. The highest BCUT2D eigenvalue weighted by Crippen LogP contribution is 2.44. The summed E-state index contributed by atoms with van der Waals surface area (Å²) >= 11 is 0. The Morgan fingerprint density at radius 3 is 2.53 bits per heavy atom. The molecule has 3 nitrogen and oxygen atoms in total. The van der Waals surface area contributed by atoms with Gasteiger partial charge in [-0.05, 0) is 25.3 Å². The van der Waals surface area contributed by atoms with Crippen molar-refractivity contribution in [3.05, 3.63) is 29.1 Å². The number of hydrogen-bond donors (Lipinski definition) is 1. The number of methoxy groups -OCH3 is 2. The van der Waals surface area contributed by atoms with Crippen LogP contribution in [0.1, 0.15) is 30.4 Å². The van der Waals surface area contributed by atoms with Crippen LogP contribution in [0, 0.1) is 5.82 Å². The van der Waals surface area contributed by atoms with Crippen LogP contribution in [-0.4, -0.2) is 14.2 Å². The SMILES string of the molecule is COCc1c(F)ccc(C2(N)CCC2)c1OC. The summed E-state index contributed by atoms with van der Waals surface area (Å²) in [6.07, 6.45) is 2.94. The maximum Gasteiger partial charge on any atom is 0.132 e. The van der Waals surface area contributed by atoms with Gasteiger partial charge in [-0.3, -0.25) is 0 Å². The summed E-state index contributed by atoms with van der Waals surface area (Å²) in [5.74, 6) is 0.226. The van der Waals surface area contributed by atoms with E-state index < -0.39 is 0 Å². The zero-order valence-corrected chi connectivity index (χ0v) is 10.3. The molecule has 0 heterocycles. The maximum absolute atomic E-state index is 13.7. The molecule has 0 aromatic heterocycles. The molecule has 0 unspecified atom stereocenters. The third-order valence-electron chi connectivity index (χ3n) is 3.48. The van der Waals surface area contributed by atoms with E-state index in [-0.39, 0.29) is 18.0 Å². The summed E-state index contributed by atoms with van der Waals surface area (Å²) < 4.78 is 24.1. The van der Waals surface area contributed by atoms with E-state index in [0.29, 0.717) is 11.3 Å². The van der Waals surface area contributed by atoms with Crippen molar-refractivity contribution in [2.24, 2.45) is 5.73 Å². The van der Waals surface area contributed by atoms with E-state index in [2.05, 4.69) is 0 Å². The van der Waals surface area contributed by atoms with E-state index in [0.717, 1.165) is 24.8 Å². The normalized spacial score (nSPS) is 17.6. The Labute approximate surface area is 101 Å². The van der Waals surface area contributed by atoms with E-state index in [1.165, 1.54) is 13.2 Å². The molecule has 0 saturated heterocycles. The molecule has 17 heavy (non-hydrogen) atoms. The fourth-order valence-electron chi connectivity index (χ4n) is 2.33. The summed E-state index contributed by atoms with van der Waals surface area (Å²) in [7, 11) is 3.08. The molecule has 1 saturated carbocycles. The third-order valence-corrected chi connectivity index (χ3v) is 3.48. The predicted molar refractivity (Wildman–Crippen MR) is 63.4 cm³/mol. The van der Waals surface area contributed by atoms with Crippen molar-refractivity contribution in [1.82, 2.24) is 0 Å². The minimum atomic E-state index is -0.360. The smallest absolute Gasteiger partial charge is 0.132 e. The molecule has 0 spiro atoms. The van der Waals surface area contributed by atoms with Crippen LogP contribution in [-0.2, 0) is 16.9 Å². The molecule has 1 aromatic carbocycles. The molecule has 2 rings (SSSR count). The largest absolute Gasteiger partial charge is 0.496 e. The van der Waals surface area contributed by atoms with Gasteiger partial charge in [-0.1, -0.05) is 6.07 Å². The summed E-state index contributed by atoms with van der Waals surface area (Å²) in [6.45, 7) is 0.193. The van der Waals surface area contributed by atoms with Crippen molar-refractivity contribution >= 4 is 0 Å². The minimum Gasteiger partial charge on any atom is -0.496 e. The van der Waals surface area contributed by atoms with Gasteiger partial charge in [0.25, 0.3) is 0 Å². The lowest BCUT2D eigenvalue weighted by Gasteiger charge is -2.39. The van der Waals surface area contributed by atoms with Crippen LogP contribution >= 0.6 is 0 Å². The van der Waals surface area contributed by atoms with Crippen LogP contribution in [0.25, 0.3) is 0 Å². The second kappa shape index (κ2) is 4.63. The molecule has 4 heteroatoms. The first-order chi connectivity index (χ1) is 8.12. The van der Waals surface area contributed by atoms with E-state index in [9.17, 15) is 4.39 Å². The molecule has 0 aliphatic heterocycles. The van der Waals surface area contributed by atoms with Crippen LogP contribution in [0.15, 0.2) is 12.1 Å². The zero-order chi connectivity index (χ0) is 12.5.